The van der Waals surface area contributed by atoms with E-state index in [1.54, 1.807) is 0 Å². The van der Waals surface area contributed by atoms with E-state index < -0.39 is 0 Å². The van der Waals surface area contributed by atoms with Gasteiger partial charge in [0.1, 0.15) is 0 Å². The molecule has 2 heterocycles. The lowest BCUT2D eigenvalue weighted by molar-refractivity contribution is 0.323. The molecule has 0 radical (unpaired) electrons. The molecule has 12 heavy (non-hydrogen) atoms. The predicted octanol–water partition coefficient (Wildman–Crippen LogP) is 1.97. The van der Waals surface area contributed by atoms with Crippen molar-refractivity contribution < 1.29 is 4.52 Å². The van der Waals surface area contributed by atoms with Gasteiger partial charge in [0, 0.05) is 13.2 Å². The van der Waals surface area contributed by atoms with Crippen LogP contribution in [-0.2, 0) is 6.54 Å². The first-order valence-electron chi connectivity index (χ1n) is 3.71. The summed E-state index contributed by atoms with van der Waals surface area (Å²) in [5.41, 5.74) is 1.81. The van der Waals surface area contributed by atoms with E-state index in [1.165, 1.54) is 0 Å². The number of fused-ring (bicyclic) bond motifs is 1. The zero-order valence-corrected chi connectivity index (χ0v) is 7.72. The first-order chi connectivity index (χ1) is 5.68. The normalized spacial score (nSPS) is 15.9. The molecule has 0 saturated carbocycles. The summed E-state index contributed by atoms with van der Waals surface area (Å²) in [7, 11) is 1.95. The number of hydrogen-bond donors (Lipinski definition) is 0. The van der Waals surface area contributed by atoms with E-state index in [0.29, 0.717) is 5.03 Å². The lowest BCUT2D eigenvalue weighted by Gasteiger charge is -2.18. The van der Waals surface area contributed by atoms with Gasteiger partial charge in [0.2, 0.25) is 0 Å². The highest BCUT2D eigenvalue weighted by Gasteiger charge is 2.20. The quantitative estimate of drug-likeness (QED) is 0.618. The Kier molecular flexibility index (Phi) is 1.61. The smallest absolute Gasteiger partial charge is 0.164 e. The topological polar surface area (TPSA) is 29.3 Å². The third kappa shape index (κ3) is 1.01. The number of halogens is 1. The summed E-state index contributed by atoms with van der Waals surface area (Å²) in [6.07, 6.45) is 1.88. The molecule has 4 heteroatoms. The van der Waals surface area contributed by atoms with Crippen molar-refractivity contribution in [2.45, 2.75) is 13.5 Å². The molecule has 0 spiro atoms. The minimum atomic E-state index is 0.706. The molecule has 0 N–H and O–H groups in total. The summed E-state index contributed by atoms with van der Waals surface area (Å²) in [6, 6.07) is 0. The highest BCUT2D eigenvalue weighted by atomic mass is 35.5. The number of rotatable bonds is 0. The SMILES string of the molecule is Cc1noc2c1C(Cl)=CN(C)C2. The van der Waals surface area contributed by atoms with Gasteiger partial charge in [-0.25, -0.2) is 0 Å². The van der Waals surface area contributed by atoms with Crippen LogP contribution in [0.2, 0.25) is 0 Å². The van der Waals surface area contributed by atoms with Crippen molar-refractivity contribution in [3.8, 4) is 0 Å². The van der Waals surface area contributed by atoms with Crippen LogP contribution >= 0.6 is 11.6 Å². The standard InChI is InChI=1S/C8H9ClN2O/c1-5-8-6(9)3-11(2)4-7(8)12-10-5/h3H,4H2,1-2H3. The average Bonchev–Trinajstić information content (AvgIpc) is 2.31. The van der Waals surface area contributed by atoms with Crippen LogP contribution in [0.15, 0.2) is 10.7 Å². The van der Waals surface area contributed by atoms with E-state index in [-0.39, 0.29) is 0 Å². The fraction of sp³-hybridized carbons (Fsp3) is 0.375. The fourth-order valence-electron chi connectivity index (χ4n) is 1.36. The van der Waals surface area contributed by atoms with Gasteiger partial charge in [0.25, 0.3) is 0 Å². The highest BCUT2D eigenvalue weighted by Crippen LogP contribution is 2.30. The molecule has 0 amide bonds. The zero-order chi connectivity index (χ0) is 8.72. The molecule has 1 aromatic heterocycles. The van der Waals surface area contributed by atoms with E-state index in [0.717, 1.165) is 23.6 Å². The molecule has 0 bridgehead atoms. The van der Waals surface area contributed by atoms with Crippen LogP contribution in [-0.4, -0.2) is 17.1 Å². The molecule has 0 aliphatic carbocycles. The largest absolute Gasteiger partial charge is 0.372 e. The zero-order valence-electron chi connectivity index (χ0n) is 6.97. The molecule has 0 atom stereocenters. The first kappa shape index (κ1) is 7.68. The molecule has 0 saturated heterocycles. The van der Waals surface area contributed by atoms with Gasteiger partial charge in [-0.1, -0.05) is 16.8 Å². The molecule has 0 aromatic carbocycles. The highest BCUT2D eigenvalue weighted by molar-refractivity contribution is 6.49. The molecule has 1 aromatic rings. The van der Waals surface area contributed by atoms with Crippen molar-refractivity contribution in [3.05, 3.63) is 23.2 Å². The minimum Gasteiger partial charge on any atom is -0.372 e. The molecule has 1 aliphatic heterocycles. The molecule has 64 valence electrons. The second-order valence-corrected chi connectivity index (χ2v) is 3.37. The Bertz CT molecular complexity index is 343. The summed E-state index contributed by atoms with van der Waals surface area (Å²) in [6.45, 7) is 2.64. The summed E-state index contributed by atoms with van der Waals surface area (Å²) >= 11 is 6.01. The van der Waals surface area contributed by atoms with E-state index in [1.807, 2.05) is 25.1 Å². The predicted molar refractivity (Wildman–Crippen MR) is 46.5 cm³/mol. The Morgan fingerprint density at radius 1 is 1.67 bits per heavy atom. The van der Waals surface area contributed by atoms with Gasteiger partial charge < -0.3 is 9.42 Å². The van der Waals surface area contributed by atoms with Crippen molar-refractivity contribution in [3.63, 3.8) is 0 Å². The number of aromatic nitrogens is 1. The molecular weight excluding hydrogens is 176 g/mol. The Morgan fingerprint density at radius 2 is 2.42 bits per heavy atom. The van der Waals surface area contributed by atoms with Crippen molar-refractivity contribution in [2.75, 3.05) is 7.05 Å². The van der Waals surface area contributed by atoms with E-state index in [2.05, 4.69) is 5.16 Å². The van der Waals surface area contributed by atoms with Crippen molar-refractivity contribution in [1.82, 2.24) is 10.1 Å². The van der Waals surface area contributed by atoms with Gasteiger partial charge in [0.05, 0.1) is 22.8 Å². The Hall–Kier alpha value is -0.960. The second-order valence-electron chi connectivity index (χ2n) is 2.96. The minimum absolute atomic E-state index is 0.706. The van der Waals surface area contributed by atoms with Crippen molar-refractivity contribution >= 4 is 16.6 Å². The van der Waals surface area contributed by atoms with Crippen molar-refractivity contribution in [2.24, 2.45) is 0 Å². The monoisotopic (exact) mass is 184 g/mol. The third-order valence-electron chi connectivity index (χ3n) is 1.90. The Labute approximate surface area is 75.6 Å². The lowest BCUT2D eigenvalue weighted by atomic mass is 10.1. The van der Waals surface area contributed by atoms with E-state index in [9.17, 15) is 0 Å². The summed E-state index contributed by atoms with van der Waals surface area (Å²) in [5.74, 6) is 0.850. The van der Waals surface area contributed by atoms with Gasteiger partial charge in [-0.2, -0.15) is 0 Å². The van der Waals surface area contributed by atoms with Gasteiger partial charge in [-0.05, 0) is 6.92 Å². The van der Waals surface area contributed by atoms with Crippen LogP contribution < -0.4 is 0 Å². The van der Waals surface area contributed by atoms with Crippen LogP contribution in [0.3, 0.4) is 0 Å². The van der Waals surface area contributed by atoms with Crippen LogP contribution in [0, 0.1) is 6.92 Å². The maximum absolute atomic E-state index is 6.01. The van der Waals surface area contributed by atoms with Gasteiger partial charge in [0.15, 0.2) is 5.76 Å². The lowest BCUT2D eigenvalue weighted by Crippen LogP contribution is -2.14. The number of nitrogens with zero attached hydrogens (tertiary/aromatic N) is 2. The van der Waals surface area contributed by atoms with Crippen LogP contribution in [0.4, 0.5) is 0 Å². The molecule has 0 unspecified atom stereocenters. The van der Waals surface area contributed by atoms with Gasteiger partial charge in [-0.15, -0.1) is 0 Å². The maximum atomic E-state index is 6.01. The first-order valence-corrected chi connectivity index (χ1v) is 4.09. The molecule has 1 aliphatic rings. The second kappa shape index (κ2) is 2.52. The van der Waals surface area contributed by atoms with Crippen LogP contribution in [0.25, 0.3) is 5.03 Å². The Balaban J connectivity index is 2.55. The Morgan fingerprint density at radius 3 is 3.17 bits per heavy atom. The van der Waals surface area contributed by atoms with Gasteiger partial charge in [-0.3, -0.25) is 0 Å². The fourth-order valence-corrected chi connectivity index (χ4v) is 1.77. The summed E-state index contributed by atoms with van der Waals surface area (Å²) in [5, 5.41) is 4.56. The van der Waals surface area contributed by atoms with E-state index >= 15 is 0 Å². The number of aryl methyl sites for hydroxylation is 1. The number of hydrogen-bond acceptors (Lipinski definition) is 3. The summed E-state index contributed by atoms with van der Waals surface area (Å²) < 4.78 is 5.11. The van der Waals surface area contributed by atoms with Crippen LogP contribution in [0.5, 0.6) is 0 Å². The van der Waals surface area contributed by atoms with Crippen molar-refractivity contribution in [1.29, 1.82) is 0 Å². The molecular formula is C8H9ClN2O. The maximum Gasteiger partial charge on any atom is 0.164 e. The van der Waals surface area contributed by atoms with Crippen LogP contribution in [0.1, 0.15) is 17.0 Å². The van der Waals surface area contributed by atoms with Gasteiger partial charge >= 0.3 is 0 Å². The van der Waals surface area contributed by atoms with E-state index in [4.69, 9.17) is 16.1 Å². The molecule has 3 nitrogen and oxygen atoms in total. The summed E-state index contributed by atoms with van der Waals surface area (Å²) in [4.78, 5) is 1.97. The molecule has 0 fully saturated rings. The third-order valence-corrected chi connectivity index (χ3v) is 2.19. The average molecular weight is 185 g/mol. The molecule has 2 rings (SSSR count).